The number of benzene rings is 1. The van der Waals surface area contributed by atoms with E-state index in [-0.39, 0.29) is 5.91 Å². The number of carbonyl (C=O) groups is 1. The maximum Gasteiger partial charge on any atom is 0.269 e. The van der Waals surface area contributed by atoms with E-state index in [9.17, 15) is 4.79 Å². The Morgan fingerprint density at radius 1 is 1.10 bits per heavy atom. The molecule has 2 aromatic rings. The number of pyridine rings is 1. The molecule has 1 N–H and O–H groups in total. The SMILES string of the molecule is CCC.CCCCNC(=O)c1ccc2ccccc2n1. The molecule has 2 rings (SSSR count). The fourth-order valence-electron chi connectivity index (χ4n) is 1.66. The largest absolute Gasteiger partial charge is 0.351 e. The van der Waals surface area contributed by atoms with Gasteiger partial charge in [0.15, 0.2) is 0 Å². The lowest BCUT2D eigenvalue weighted by molar-refractivity contribution is 0.0948. The van der Waals surface area contributed by atoms with Gasteiger partial charge in [0.2, 0.25) is 0 Å². The number of carbonyl (C=O) groups excluding carboxylic acids is 1. The van der Waals surface area contributed by atoms with Crippen LogP contribution in [-0.4, -0.2) is 17.4 Å². The van der Waals surface area contributed by atoms with Crippen molar-refractivity contribution in [3.05, 3.63) is 42.1 Å². The lowest BCUT2D eigenvalue weighted by Crippen LogP contribution is -2.25. The van der Waals surface area contributed by atoms with Crippen molar-refractivity contribution in [3.8, 4) is 0 Å². The van der Waals surface area contributed by atoms with E-state index in [4.69, 9.17) is 0 Å². The highest BCUT2D eigenvalue weighted by Crippen LogP contribution is 2.11. The molecule has 1 aromatic carbocycles. The van der Waals surface area contributed by atoms with Crippen molar-refractivity contribution in [1.82, 2.24) is 10.3 Å². The zero-order chi connectivity index (χ0) is 14.8. The van der Waals surface area contributed by atoms with Crippen LogP contribution in [0.1, 0.15) is 50.5 Å². The van der Waals surface area contributed by atoms with Gasteiger partial charge in [0.05, 0.1) is 5.52 Å². The Morgan fingerprint density at radius 3 is 2.50 bits per heavy atom. The molecule has 0 aliphatic rings. The van der Waals surface area contributed by atoms with Gasteiger partial charge >= 0.3 is 0 Å². The summed E-state index contributed by atoms with van der Waals surface area (Å²) in [6.07, 6.45) is 3.32. The first kappa shape index (κ1) is 16.2. The van der Waals surface area contributed by atoms with Crippen LogP contribution < -0.4 is 5.32 Å². The fourth-order valence-corrected chi connectivity index (χ4v) is 1.66. The summed E-state index contributed by atoms with van der Waals surface area (Å²) < 4.78 is 0. The molecule has 0 bridgehead atoms. The summed E-state index contributed by atoms with van der Waals surface area (Å²) in [5.41, 5.74) is 1.34. The Balaban J connectivity index is 0.000000612. The minimum Gasteiger partial charge on any atom is -0.351 e. The minimum absolute atomic E-state index is 0.0933. The molecule has 1 amide bonds. The van der Waals surface area contributed by atoms with Gasteiger partial charge in [-0.3, -0.25) is 4.79 Å². The Hall–Kier alpha value is -1.90. The van der Waals surface area contributed by atoms with Crippen molar-refractivity contribution < 1.29 is 4.79 Å². The first-order chi connectivity index (χ1) is 9.72. The van der Waals surface area contributed by atoms with Gasteiger partial charge in [0, 0.05) is 11.9 Å². The molecule has 0 spiro atoms. The molecule has 0 aliphatic heterocycles. The number of fused-ring (bicyclic) bond motifs is 1. The average Bonchev–Trinajstić information content (AvgIpc) is 2.47. The molecule has 0 fully saturated rings. The van der Waals surface area contributed by atoms with Gasteiger partial charge in [0.1, 0.15) is 5.69 Å². The molecule has 0 atom stereocenters. The predicted octanol–water partition coefficient (Wildman–Crippen LogP) is 4.18. The maximum absolute atomic E-state index is 11.8. The van der Waals surface area contributed by atoms with E-state index in [2.05, 4.69) is 31.1 Å². The molecule has 1 heterocycles. The molecule has 0 radical (unpaired) electrons. The van der Waals surface area contributed by atoms with E-state index in [0.29, 0.717) is 12.2 Å². The third-order valence-electron chi connectivity index (χ3n) is 2.65. The third kappa shape index (κ3) is 5.00. The number of hydrogen-bond donors (Lipinski definition) is 1. The highest BCUT2D eigenvalue weighted by atomic mass is 16.1. The summed E-state index contributed by atoms with van der Waals surface area (Å²) in [5, 5.41) is 3.92. The molecule has 0 aliphatic carbocycles. The fraction of sp³-hybridized carbons (Fsp3) is 0.412. The molecule has 1 aromatic heterocycles. The van der Waals surface area contributed by atoms with Crippen molar-refractivity contribution in [1.29, 1.82) is 0 Å². The average molecular weight is 272 g/mol. The number of para-hydroxylation sites is 1. The van der Waals surface area contributed by atoms with Crippen LogP contribution in [0.3, 0.4) is 0 Å². The van der Waals surface area contributed by atoms with Crippen molar-refractivity contribution in [3.63, 3.8) is 0 Å². The highest BCUT2D eigenvalue weighted by Gasteiger charge is 2.06. The van der Waals surface area contributed by atoms with Crippen molar-refractivity contribution in [2.24, 2.45) is 0 Å². The summed E-state index contributed by atoms with van der Waals surface area (Å²) in [6, 6.07) is 11.5. The number of rotatable bonds is 4. The van der Waals surface area contributed by atoms with Gasteiger partial charge in [-0.25, -0.2) is 4.98 Å². The van der Waals surface area contributed by atoms with Crippen LogP contribution in [0, 0.1) is 0 Å². The first-order valence-electron chi connectivity index (χ1n) is 7.36. The van der Waals surface area contributed by atoms with Crippen LogP contribution in [0.25, 0.3) is 10.9 Å². The van der Waals surface area contributed by atoms with Crippen LogP contribution in [0.2, 0.25) is 0 Å². The summed E-state index contributed by atoms with van der Waals surface area (Å²) in [7, 11) is 0. The summed E-state index contributed by atoms with van der Waals surface area (Å²) in [4.78, 5) is 16.1. The monoisotopic (exact) mass is 272 g/mol. The van der Waals surface area contributed by atoms with Gasteiger partial charge < -0.3 is 5.32 Å². The predicted molar refractivity (Wildman–Crippen MR) is 84.9 cm³/mol. The van der Waals surface area contributed by atoms with Gasteiger partial charge in [-0.1, -0.05) is 57.9 Å². The molecule has 20 heavy (non-hydrogen) atoms. The van der Waals surface area contributed by atoms with Crippen LogP contribution in [0.5, 0.6) is 0 Å². The molecule has 0 saturated carbocycles. The normalized spacial score (nSPS) is 9.75. The second-order valence-corrected chi connectivity index (χ2v) is 4.71. The van der Waals surface area contributed by atoms with E-state index in [0.717, 1.165) is 23.7 Å². The third-order valence-corrected chi connectivity index (χ3v) is 2.65. The molecule has 0 saturated heterocycles. The van der Waals surface area contributed by atoms with Crippen LogP contribution >= 0.6 is 0 Å². The number of unbranched alkanes of at least 4 members (excludes halogenated alkanes) is 1. The Kier molecular flexibility index (Phi) is 7.33. The van der Waals surface area contributed by atoms with Gasteiger partial charge in [-0.05, 0) is 18.6 Å². The molecular weight excluding hydrogens is 248 g/mol. The van der Waals surface area contributed by atoms with Crippen molar-refractivity contribution in [2.75, 3.05) is 6.54 Å². The van der Waals surface area contributed by atoms with Crippen LogP contribution in [0.15, 0.2) is 36.4 Å². The van der Waals surface area contributed by atoms with Gasteiger partial charge in [0.25, 0.3) is 5.91 Å². The minimum atomic E-state index is -0.0933. The van der Waals surface area contributed by atoms with Crippen LogP contribution in [-0.2, 0) is 0 Å². The maximum atomic E-state index is 11.8. The molecule has 108 valence electrons. The zero-order valence-electron chi connectivity index (χ0n) is 12.6. The van der Waals surface area contributed by atoms with Crippen LogP contribution in [0.4, 0.5) is 0 Å². The molecule has 0 unspecified atom stereocenters. The number of nitrogens with zero attached hydrogens (tertiary/aromatic N) is 1. The lowest BCUT2D eigenvalue weighted by atomic mass is 10.2. The quantitative estimate of drug-likeness (QED) is 0.848. The van der Waals surface area contributed by atoms with E-state index in [1.165, 1.54) is 6.42 Å². The molecular formula is C17H24N2O. The topological polar surface area (TPSA) is 42.0 Å². The molecule has 3 heteroatoms. The van der Waals surface area contributed by atoms with E-state index >= 15 is 0 Å². The first-order valence-corrected chi connectivity index (χ1v) is 7.36. The second kappa shape index (κ2) is 9.08. The number of nitrogens with one attached hydrogen (secondary N) is 1. The zero-order valence-corrected chi connectivity index (χ0v) is 12.6. The lowest BCUT2D eigenvalue weighted by Gasteiger charge is -2.04. The highest BCUT2D eigenvalue weighted by molar-refractivity contribution is 5.94. The summed E-state index contributed by atoms with van der Waals surface area (Å²) >= 11 is 0. The van der Waals surface area contributed by atoms with E-state index < -0.39 is 0 Å². The number of aromatic nitrogens is 1. The van der Waals surface area contributed by atoms with Crippen molar-refractivity contribution >= 4 is 16.8 Å². The Morgan fingerprint density at radius 2 is 1.80 bits per heavy atom. The second-order valence-electron chi connectivity index (χ2n) is 4.71. The summed E-state index contributed by atoms with van der Waals surface area (Å²) in [6.45, 7) is 7.06. The van der Waals surface area contributed by atoms with Gasteiger partial charge in [-0.15, -0.1) is 0 Å². The van der Waals surface area contributed by atoms with Crippen molar-refractivity contribution in [2.45, 2.75) is 40.0 Å². The molecule has 3 nitrogen and oxygen atoms in total. The van der Waals surface area contributed by atoms with Gasteiger partial charge in [-0.2, -0.15) is 0 Å². The standard InChI is InChI=1S/C14H16N2O.C3H8/c1-2-3-10-15-14(17)13-9-8-11-6-4-5-7-12(11)16-13;1-3-2/h4-9H,2-3,10H2,1H3,(H,15,17);3H2,1-2H3. The Bertz CT molecular complexity index is 537. The number of hydrogen-bond acceptors (Lipinski definition) is 2. The van der Waals surface area contributed by atoms with E-state index in [1.54, 1.807) is 6.07 Å². The van der Waals surface area contributed by atoms with E-state index in [1.807, 2.05) is 30.3 Å². The Labute approximate surface area is 121 Å². The summed E-state index contributed by atoms with van der Waals surface area (Å²) in [5.74, 6) is -0.0933. The number of amides is 1. The smallest absolute Gasteiger partial charge is 0.269 e.